The summed E-state index contributed by atoms with van der Waals surface area (Å²) >= 11 is 11.8. The Labute approximate surface area is 112 Å². The topological polar surface area (TPSA) is 21.3 Å². The van der Waals surface area contributed by atoms with Crippen LogP contribution in [0.25, 0.3) is 0 Å². The van der Waals surface area contributed by atoms with Crippen molar-refractivity contribution in [1.29, 1.82) is 0 Å². The van der Waals surface area contributed by atoms with Crippen molar-refractivity contribution in [2.75, 3.05) is 19.7 Å². The van der Waals surface area contributed by atoms with Gasteiger partial charge in [-0.25, -0.2) is 0 Å². The summed E-state index contributed by atoms with van der Waals surface area (Å²) in [5.74, 6) is 0.645. The molecule has 1 aromatic rings. The second-order valence-electron chi connectivity index (χ2n) is 4.48. The van der Waals surface area contributed by atoms with Crippen molar-refractivity contribution in [2.45, 2.75) is 19.4 Å². The van der Waals surface area contributed by atoms with Gasteiger partial charge in [0, 0.05) is 6.54 Å². The first-order valence-corrected chi connectivity index (χ1v) is 6.73. The Morgan fingerprint density at radius 1 is 1.29 bits per heavy atom. The van der Waals surface area contributed by atoms with E-state index in [9.17, 15) is 0 Å². The third-order valence-electron chi connectivity index (χ3n) is 3.01. The van der Waals surface area contributed by atoms with Crippen molar-refractivity contribution in [2.24, 2.45) is 5.92 Å². The largest absolute Gasteiger partial charge is 0.376 e. The molecule has 1 atom stereocenters. The zero-order chi connectivity index (χ0) is 12.1. The van der Waals surface area contributed by atoms with Crippen molar-refractivity contribution < 1.29 is 4.74 Å². The van der Waals surface area contributed by atoms with Crippen LogP contribution in [0.2, 0.25) is 10.0 Å². The quantitative estimate of drug-likeness (QED) is 0.907. The summed E-state index contributed by atoms with van der Waals surface area (Å²) in [4.78, 5) is 0. The minimum atomic E-state index is 0.590. The van der Waals surface area contributed by atoms with E-state index in [0.29, 0.717) is 22.6 Å². The van der Waals surface area contributed by atoms with Crippen molar-refractivity contribution in [3.05, 3.63) is 33.8 Å². The third kappa shape index (κ3) is 4.14. The molecule has 0 spiro atoms. The van der Waals surface area contributed by atoms with Gasteiger partial charge in [0.05, 0.1) is 23.3 Å². The lowest BCUT2D eigenvalue weighted by atomic mass is 10.0. The number of piperidine rings is 1. The van der Waals surface area contributed by atoms with E-state index in [1.165, 1.54) is 12.8 Å². The van der Waals surface area contributed by atoms with Gasteiger partial charge < -0.3 is 10.1 Å². The highest BCUT2D eigenvalue weighted by molar-refractivity contribution is 6.41. The first-order chi connectivity index (χ1) is 8.25. The summed E-state index contributed by atoms with van der Waals surface area (Å²) in [7, 11) is 0. The third-order valence-corrected chi connectivity index (χ3v) is 3.74. The second-order valence-corrected chi connectivity index (χ2v) is 5.29. The first kappa shape index (κ1) is 13.2. The van der Waals surface area contributed by atoms with E-state index in [-0.39, 0.29) is 0 Å². The van der Waals surface area contributed by atoms with Crippen LogP contribution in [0.3, 0.4) is 0 Å². The Hall–Kier alpha value is -0.280. The van der Waals surface area contributed by atoms with Gasteiger partial charge in [0.1, 0.15) is 0 Å². The van der Waals surface area contributed by atoms with Crippen LogP contribution in [0.1, 0.15) is 18.4 Å². The molecule has 2 nitrogen and oxygen atoms in total. The van der Waals surface area contributed by atoms with Crippen LogP contribution >= 0.6 is 23.2 Å². The Kier molecular flexibility index (Phi) is 5.11. The summed E-state index contributed by atoms with van der Waals surface area (Å²) in [5.41, 5.74) is 1.07. The smallest absolute Gasteiger partial charge is 0.0717 e. The molecule has 1 aromatic carbocycles. The number of nitrogens with one attached hydrogen (secondary N) is 1. The van der Waals surface area contributed by atoms with Gasteiger partial charge >= 0.3 is 0 Å². The molecule has 1 unspecified atom stereocenters. The Morgan fingerprint density at radius 3 is 2.88 bits per heavy atom. The standard InChI is InChI=1S/C13H17Cl2NO/c14-12-4-3-10(6-13(12)15)8-17-9-11-2-1-5-16-7-11/h3-4,6,11,16H,1-2,5,7-9H2. The van der Waals surface area contributed by atoms with Crippen LogP contribution in [0.4, 0.5) is 0 Å². The Morgan fingerprint density at radius 2 is 2.18 bits per heavy atom. The van der Waals surface area contributed by atoms with E-state index in [0.717, 1.165) is 25.3 Å². The van der Waals surface area contributed by atoms with Gasteiger partial charge in [0.25, 0.3) is 0 Å². The zero-order valence-corrected chi connectivity index (χ0v) is 11.2. The van der Waals surface area contributed by atoms with Gasteiger partial charge in [-0.1, -0.05) is 29.3 Å². The average molecular weight is 274 g/mol. The maximum Gasteiger partial charge on any atom is 0.0717 e. The van der Waals surface area contributed by atoms with Crippen LogP contribution in [0.15, 0.2) is 18.2 Å². The van der Waals surface area contributed by atoms with Crippen LogP contribution in [0.5, 0.6) is 0 Å². The fourth-order valence-corrected chi connectivity index (χ4v) is 2.36. The van der Waals surface area contributed by atoms with Gasteiger partial charge in [-0.15, -0.1) is 0 Å². The summed E-state index contributed by atoms with van der Waals surface area (Å²) in [5, 5.41) is 4.56. The molecule has 0 aliphatic carbocycles. The Bertz CT molecular complexity index is 364. The molecule has 1 N–H and O–H groups in total. The maximum atomic E-state index is 5.94. The van der Waals surface area contributed by atoms with E-state index < -0.39 is 0 Å². The number of hydrogen-bond acceptors (Lipinski definition) is 2. The molecule has 17 heavy (non-hydrogen) atoms. The van der Waals surface area contributed by atoms with Gasteiger partial charge in [-0.3, -0.25) is 0 Å². The van der Waals surface area contributed by atoms with Crippen LogP contribution in [0, 0.1) is 5.92 Å². The highest BCUT2D eigenvalue weighted by Gasteiger charge is 2.12. The lowest BCUT2D eigenvalue weighted by Gasteiger charge is -2.22. The van der Waals surface area contributed by atoms with E-state index in [2.05, 4.69) is 5.32 Å². The Balaban J connectivity index is 1.75. The molecule has 94 valence electrons. The predicted octanol–water partition coefficient (Wildman–Crippen LogP) is 3.51. The van der Waals surface area contributed by atoms with Crippen LogP contribution in [-0.2, 0) is 11.3 Å². The first-order valence-electron chi connectivity index (χ1n) is 5.98. The molecule has 4 heteroatoms. The van der Waals surface area contributed by atoms with Gasteiger partial charge in [-0.2, -0.15) is 0 Å². The van der Waals surface area contributed by atoms with E-state index in [4.69, 9.17) is 27.9 Å². The number of hydrogen-bond donors (Lipinski definition) is 1. The summed E-state index contributed by atoms with van der Waals surface area (Å²) in [6.07, 6.45) is 2.51. The average Bonchev–Trinajstić information content (AvgIpc) is 2.35. The predicted molar refractivity (Wildman–Crippen MR) is 71.7 cm³/mol. The molecule has 1 aliphatic heterocycles. The fourth-order valence-electron chi connectivity index (χ4n) is 2.04. The molecule has 1 fully saturated rings. The molecule has 1 aliphatic rings. The number of ether oxygens (including phenoxy) is 1. The van der Waals surface area contributed by atoms with Crippen LogP contribution < -0.4 is 5.32 Å². The van der Waals surface area contributed by atoms with Gasteiger partial charge in [0.15, 0.2) is 0 Å². The second kappa shape index (κ2) is 6.60. The van der Waals surface area contributed by atoms with Crippen molar-refractivity contribution in [1.82, 2.24) is 5.32 Å². The van der Waals surface area contributed by atoms with E-state index in [1.807, 2.05) is 18.2 Å². The molecule has 0 radical (unpaired) electrons. The lowest BCUT2D eigenvalue weighted by Crippen LogP contribution is -2.32. The fraction of sp³-hybridized carbons (Fsp3) is 0.538. The molecule has 0 bridgehead atoms. The van der Waals surface area contributed by atoms with Crippen molar-refractivity contribution in [3.8, 4) is 0 Å². The number of benzene rings is 1. The van der Waals surface area contributed by atoms with E-state index >= 15 is 0 Å². The van der Waals surface area contributed by atoms with Crippen LogP contribution in [-0.4, -0.2) is 19.7 Å². The zero-order valence-electron chi connectivity index (χ0n) is 9.72. The molecule has 0 amide bonds. The molecule has 1 heterocycles. The van der Waals surface area contributed by atoms with E-state index in [1.54, 1.807) is 0 Å². The van der Waals surface area contributed by atoms with Crippen molar-refractivity contribution in [3.63, 3.8) is 0 Å². The molecule has 1 saturated heterocycles. The van der Waals surface area contributed by atoms with Gasteiger partial charge in [-0.05, 0) is 43.0 Å². The molecule has 0 aromatic heterocycles. The lowest BCUT2D eigenvalue weighted by molar-refractivity contribution is 0.0783. The van der Waals surface area contributed by atoms with Crippen molar-refractivity contribution >= 4 is 23.2 Å². The monoisotopic (exact) mass is 273 g/mol. The normalized spacial score (nSPS) is 20.5. The summed E-state index contributed by atoms with van der Waals surface area (Å²) < 4.78 is 5.71. The SMILES string of the molecule is Clc1ccc(COCC2CCCNC2)cc1Cl. The van der Waals surface area contributed by atoms with Gasteiger partial charge in [0.2, 0.25) is 0 Å². The molecule has 2 rings (SSSR count). The number of rotatable bonds is 4. The number of halogens is 2. The molecular formula is C13H17Cl2NO. The molecular weight excluding hydrogens is 257 g/mol. The minimum Gasteiger partial charge on any atom is -0.376 e. The minimum absolute atomic E-state index is 0.590. The summed E-state index contributed by atoms with van der Waals surface area (Å²) in [6.45, 7) is 3.63. The maximum absolute atomic E-state index is 5.94. The highest BCUT2D eigenvalue weighted by atomic mass is 35.5. The molecule has 0 saturated carbocycles. The summed E-state index contributed by atoms with van der Waals surface area (Å²) in [6, 6.07) is 5.63. The highest BCUT2D eigenvalue weighted by Crippen LogP contribution is 2.23.